The second-order valence-corrected chi connectivity index (χ2v) is 5.98. The van der Waals surface area contributed by atoms with E-state index in [1.165, 1.54) is 34.3 Å². The van der Waals surface area contributed by atoms with Gasteiger partial charge in [-0.05, 0) is 41.5 Å². The summed E-state index contributed by atoms with van der Waals surface area (Å²) in [5, 5.41) is 0. The average molecular weight is 416 g/mol. The fourth-order valence-corrected chi connectivity index (χ4v) is 2.58. The van der Waals surface area contributed by atoms with Gasteiger partial charge in [-0.1, -0.05) is 6.07 Å². The Bertz CT molecular complexity index is 908. The summed E-state index contributed by atoms with van der Waals surface area (Å²) in [7, 11) is 5.95. The fourth-order valence-electron chi connectivity index (χ4n) is 2.58. The zero-order valence-electron chi connectivity index (χ0n) is 17.5. The highest BCUT2D eigenvalue weighted by Gasteiger charge is 2.15. The molecule has 8 nitrogen and oxygen atoms in total. The van der Waals surface area contributed by atoms with E-state index in [0.717, 1.165) is 5.56 Å². The smallest absolute Gasteiger partial charge is 0.331 e. The molecule has 2 aromatic carbocycles. The number of ether oxygens (including phenoxy) is 6. The van der Waals surface area contributed by atoms with Gasteiger partial charge in [0.15, 0.2) is 23.0 Å². The van der Waals surface area contributed by atoms with Crippen molar-refractivity contribution < 1.29 is 38.0 Å². The lowest BCUT2D eigenvalue weighted by molar-refractivity contribution is -0.139. The molecule has 0 saturated carbocycles. The Balaban J connectivity index is 2.09. The predicted octanol–water partition coefficient (Wildman–Crippen LogP) is 3.40. The molecule has 0 fully saturated rings. The van der Waals surface area contributed by atoms with Gasteiger partial charge in [-0.3, -0.25) is 4.79 Å². The Morgan fingerprint density at radius 3 is 1.97 bits per heavy atom. The van der Waals surface area contributed by atoms with E-state index in [0.29, 0.717) is 28.6 Å². The summed E-state index contributed by atoms with van der Waals surface area (Å²) < 4.78 is 31.3. The van der Waals surface area contributed by atoms with Gasteiger partial charge in [-0.25, -0.2) is 4.79 Å². The Morgan fingerprint density at radius 1 is 0.833 bits per heavy atom. The van der Waals surface area contributed by atoms with Crippen molar-refractivity contribution in [2.45, 2.75) is 13.5 Å². The molecular weight excluding hydrogens is 392 g/mol. The van der Waals surface area contributed by atoms with Gasteiger partial charge in [-0.2, -0.15) is 0 Å². The van der Waals surface area contributed by atoms with Gasteiger partial charge >= 0.3 is 11.9 Å². The van der Waals surface area contributed by atoms with E-state index >= 15 is 0 Å². The fraction of sp³-hybridized carbons (Fsp3) is 0.273. The average Bonchev–Trinajstić information content (AvgIpc) is 2.75. The van der Waals surface area contributed by atoms with Crippen LogP contribution in [0.3, 0.4) is 0 Å². The van der Waals surface area contributed by atoms with Crippen LogP contribution in [0.25, 0.3) is 6.08 Å². The predicted molar refractivity (Wildman–Crippen MR) is 109 cm³/mol. The maximum atomic E-state index is 12.1. The molecule has 0 spiro atoms. The summed E-state index contributed by atoms with van der Waals surface area (Å²) in [4.78, 5) is 23.4. The van der Waals surface area contributed by atoms with Gasteiger partial charge in [0, 0.05) is 13.0 Å². The summed E-state index contributed by atoms with van der Waals surface area (Å²) in [6.07, 6.45) is 2.82. The monoisotopic (exact) mass is 416 g/mol. The maximum absolute atomic E-state index is 12.1. The summed E-state index contributed by atoms with van der Waals surface area (Å²) >= 11 is 0. The van der Waals surface area contributed by atoms with Crippen molar-refractivity contribution in [2.75, 3.05) is 28.4 Å². The first-order valence-electron chi connectivity index (χ1n) is 8.92. The molecule has 30 heavy (non-hydrogen) atoms. The number of benzene rings is 2. The molecule has 2 rings (SSSR count). The Kier molecular flexibility index (Phi) is 8.10. The van der Waals surface area contributed by atoms with Crippen LogP contribution in [-0.4, -0.2) is 40.4 Å². The van der Waals surface area contributed by atoms with Crippen molar-refractivity contribution in [3.8, 4) is 28.7 Å². The lowest BCUT2D eigenvalue weighted by atomic mass is 10.1. The van der Waals surface area contributed by atoms with E-state index in [2.05, 4.69) is 0 Å². The summed E-state index contributed by atoms with van der Waals surface area (Å²) in [5.74, 6) is 0.855. The van der Waals surface area contributed by atoms with Crippen molar-refractivity contribution in [3.63, 3.8) is 0 Å². The molecular formula is C22H24O8. The third kappa shape index (κ3) is 5.91. The molecule has 0 heterocycles. The minimum atomic E-state index is -0.535. The van der Waals surface area contributed by atoms with Gasteiger partial charge in [0.1, 0.15) is 6.61 Å². The molecule has 0 aliphatic heterocycles. The lowest BCUT2D eigenvalue weighted by Crippen LogP contribution is -2.05. The van der Waals surface area contributed by atoms with Crippen LogP contribution in [0.1, 0.15) is 18.1 Å². The largest absolute Gasteiger partial charge is 0.493 e. The first-order valence-corrected chi connectivity index (χ1v) is 8.92. The summed E-state index contributed by atoms with van der Waals surface area (Å²) in [6, 6.07) is 8.47. The number of rotatable bonds is 9. The highest BCUT2D eigenvalue weighted by molar-refractivity contribution is 5.87. The maximum Gasteiger partial charge on any atom is 0.331 e. The zero-order valence-corrected chi connectivity index (χ0v) is 17.5. The normalized spacial score (nSPS) is 10.4. The quantitative estimate of drug-likeness (QED) is 0.349. The molecule has 0 N–H and O–H groups in total. The van der Waals surface area contributed by atoms with Crippen LogP contribution < -0.4 is 23.7 Å². The lowest BCUT2D eigenvalue weighted by Gasteiger charge is -2.13. The van der Waals surface area contributed by atoms with Gasteiger partial charge in [0.05, 0.1) is 28.4 Å². The molecule has 8 heteroatoms. The molecule has 160 valence electrons. The topological polar surface area (TPSA) is 89.5 Å². The first kappa shape index (κ1) is 22.6. The molecule has 0 aromatic heterocycles. The van der Waals surface area contributed by atoms with Gasteiger partial charge in [-0.15, -0.1) is 0 Å². The molecule has 0 bridgehead atoms. The van der Waals surface area contributed by atoms with E-state index in [1.54, 1.807) is 43.5 Å². The Morgan fingerprint density at radius 2 is 1.43 bits per heavy atom. The van der Waals surface area contributed by atoms with E-state index in [9.17, 15) is 9.59 Å². The summed E-state index contributed by atoms with van der Waals surface area (Å²) in [6.45, 7) is 1.35. The third-order valence-corrected chi connectivity index (χ3v) is 3.97. The summed E-state index contributed by atoms with van der Waals surface area (Å²) in [5.41, 5.74) is 1.35. The van der Waals surface area contributed by atoms with Crippen LogP contribution in [0.2, 0.25) is 0 Å². The van der Waals surface area contributed by atoms with Crippen molar-refractivity contribution in [1.82, 2.24) is 0 Å². The minimum Gasteiger partial charge on any atom is -0.493 e. The molecule has 0 amide bonds. The molecule has 0 unspecified atom stereocenters. The highest BCUT2D eigenvalue weighted by atomic mass is 16.6. The van der Waals surface area contributed by atoms with E-state index in [1.807, 2.05) is 0 Å². The zero-order chi connectivity index (χ0) is 22.1. The second-order valence-electron chi connectivity index (χ2n) is 5.98. The van der Waals surface area contributed by atoms with Crippen LogP contribution in [0.4, 0.5) is 0 Å². The minimum absolute atomic E-state index is 0.0710. The second kappa shape index (κ2) is 10.8. The number of hydrogen-bond donors (Lipinski definition) is 0. The standard InChI is InChI=1S/C22H24O8/c1-14(23)30-22-19(27-4)10-15(11-20(22)28-5)7-9-21(24)29-13-16-6-8-17(25-2)18(12-16)26-3/h6-12H,13H2,1-5H3/b9-7+. The van der Waals surface area contributed by atoms with Crippen LogP contribution in [0, 0.1) is 0 Å². The number of carbonyl (C=O) groups is 2. The van der Waals surface area contributed by atoms with E-state index in [4.69, 9.17) is 28.4 Å². The SMILES string of the molecule is COc1ccc(COC(=O)/C=C/c2cc(OC)c(OC(C)=O)c(OC)c2)cc1OC. The molecule has 0 aliphatic rings. The Hall–Kier alpha value is -3.68. The van der Waals surface area contributed by atoms with E-state index < -0.39 is 11.9 Å². The van der Waals surface area contributed by atoms with Crippen molar-refractivity contribution in [2.24, 2.45) is 0 Å². The van der Waals surface area contributed by atoms with Gasteiger partial charge in [0.2, 0.25) is 5.75 Å². The van der Waals surface area contributed by atoms with Crippen molar-refractivity contribution >= 4 is 18.0 Å². The number of carbonyl (C=O) groups excluding carboxylic acids is 2. The van der Waals surface area contributed by atoms with Crippen molar-refractivity contribution in [3.05, 3.63) is 47.5 Å². The van der Waals surface area contributed by atoms with Gasteiger partial charge < -0.3 is 28.4 Å². The molecule has 0 aliphatic carbocycles. The highest BCUT2D eigenvalue weighted by Crippen LogP contribution is 2.39. The molecule has 0 radical (unpaired) electrons. The van der Waals surface area contributed by atoms with E-state index in [-0.39, 0.29) is 12.4 Å². The van der Waals surface area contributed by atoms with Crippen LogP contribution in [0.15, 0.2) is 36.4 Å². The third-order valence-electron chi connectivity index (χ3n) is 3.97. The van der Waals surface area contributed by atoms with Gasteiger partial charge in [0.25, 0.3) is 0 Å². The molecule has 0 saturated heterocycles. The number of hydrogen-bond acceptors (Lipinski definition) is 8. The van der Waals surface area contributed by atoms with Crippen LogP contribution in [0.5, 0.6) is 28.7 Å². The molecule has 0 atom stereocenters. The van der Waals surface area contributed by atoms with Crippen LogP contribution in [-0.2, 0) is 20.9 Å². The number of methoxy groups -OCH3 is 4. The molecule has 2 aromatic rings. The van der Waals surface area contributed by atoms with Crippen LogP contribution >= 0.6 is 0 Å². The first-order chi connectivity index (χ1) is 14.4. The Labute approximate surface area is 174 Å². The number of esters is 2. The van der Waals surface area contributed by atoms with Crippen molar-refractivity contribution in [1.29, 1.82) is 0 Å².